The molecule has 1 rings (SSSR count). The predicted molar refractivity (Wildman–Crippen MR) is 59.2 cm³/mol. The number of halogens is 5. The SMILES string of the molecule is Cl.Nc1cccc(OC(F)(F)C(Cl)Cl)c1. The Labute approximate surface area is 102 Å². The molecule has 0 saturated heterocycles. The minimum atomic E-state index is -3.63. The van der Waals surface area contributed by atoms with E-state index in [9.17, 15) is 8.78 Å². The molecular weight excluding hydrogens is 270 g/mol. The van der Waals surface area contributed by atoms with Crippen molar-refractivity contribution in [2.24, 2.45) is 0 Å². The quantitative estimate of drug-likeness (QED) is 0.679. The number of hydrogen-bond acceptors (Lipinski definition) is 2. The largest absolute Gasteiger partial charge is 0.430 e. The van der Waals surface area contributed by atoms with E-state index in [1.165, 1.54) is 18.2 Å². The summed E-state index contributed by atoms with van der Waals surface area (Å²) in [5.41, 5.74) is 5.68. The Bertz CT molecular complexity index is 323. The second-order valence-corrected chi connectivity index (χ2v) is 3.63. The maximum Gasteiger partial charge on any atom is 0.428 e. The van der Waals surface area contributed by atoms with Crippen molar-refractivity contribution in [2.45, 2.75) is 10.9 Å². The van der Waals surface area contributed by atoms with Crippen LogP contribution in [-0.4, -0.2) is 10.9 Å². The average molecular weight is 279 g/mol. The summed E-state index contributed by atoms with van der Waals surface area (Å²) in [6, 6.07) is 5.62. The van der Waals surface area contributed by atoms with Crippen molar-refractivity contribution in [3.63, 3.8) is 0 Å². The van der Waals surface area contributed by atoms with E-state index in [4.69, 9.17) is 28.9 Å². The standard InChI is InChI=1S/C8H7Cl2F2NO.ClH/c9-7(10)8(11,12)14-6-3-1-2-5(13)4-6;/h1-4,7H,13H2;1H. The normalized spacial score (nSPS) is 11.0. The van der Waals surface area contributed by atoms with Crippen LogP contribution in [0.3, 0.4) is 0 Å². The maximum atomic E-state index is 12.8. The number of hydrogen-bond donors (Lipinski definition) is 1. The van der Waals surface area contributed by atoms with Crippen molar-refractivity contribution >= 4 is 41.3 Å². The molecule has 0 bridgehead atoms. The zero-order valence-electron chi connectivity index (χ0n) is 7.29. The van der Waals surface area contributed by atoms with Crippen LogP contribution in [-0.2, 0) is 0 Å². The fourth-order valence-electron chi connectivity index (χ4n) is 0.780. The number of anilines is 1. The van der Waals surface area contributed by atoms with Gasteiger partial charge in [0, 0.05) is 11.8 Å². The molecule has 0 spiro atoms. The van der Waals surface area contributed by atoms with E-state index in [1.54, 1.807) is 6.07 Å². The molecule has 2 N–H and O–H groups in total. The molecule has 7 heteroatoms. The van der Waals surface area contributed by atoms with Crippen LogP contribution in [0.5, 0.6) is 5.75 Å². The highest BCUT2D eigenvalue weighted by Gasteiger charge is 2.40. The van der Waals surface area contributed by atoms with Gasteiger partial charge in [-0.1, -0.05) is 29.3 Å². The van der Waals surface area contributed by atoms with Gasteiger partial charge >= 0.3 is 6.11 Å². The van der Waals surface area contributed by atoms with Gasteiger partial charge < -0.3 is 10.5 Å². The Balaban J connectivity index is 0.00000196. The van der Waals surface area contributed by atoms with Gasteiger partial charge in [-0.15, -0.1) is 12.4 Å². The smallest absolute Gasteiger partial charge is 0.428 e. The fourth-order valence-corrected chi connectivity index (χ4v) is 0.869. The van der Waals surface area contributed by atoms with Gasteiger partial charge in [-0.25, -0.2) is 0 Å². The molecule has 0 aliphatic heterocycles. The number of ether oxygens (including phenoxy) is 1. The molecule has 0 radical (unpaired) electrons. The first-order chi connectivity index (χ1) is 6.42. The molecule has 0 heterocycles. The van der Waals surface area contributed by atoms with Crippen LogP contribution < -0.4 is 10.5 Å². The summed E-state index contributed by atoms with van der Waals surface area (Å²) in [4.78, 5) is -1.93. The summed E-state index contributed by atoms with van der Waals surface area (Å²) in [5, 5.41) is 0. The molecule has 0 unspecified atom stereocenters. The molecule has 1 aromatic carbocycles. The summed E-state index contributed by atoms with van der Waals surface area (Å²) >= 11 is 10.0. The number of nitrogen functional groups attached to an aromatic ring is 1. The van der Waals surface area contributed by atoms with Crippen LogP contribution in [0.2, 0.25) is 0 Å². The van der Waals surface area contributed by atoms with E-state index in [0.29, 0.717) is 5.69 Å². The monoisotopic (exact) mass is 277 g/mol. The van der Waals surface area contributed by atoms with Crippen molar-refractivity contribution in [1.82, 2.24) is 0 Å². The molecule has 0 aliphatic rings. The molecule has 0 aromatic heterocycles. The van der Waals surface area contributed by atoms with Gasteiger partial charge in [-0.3, -0.25) is 0 Å². The van der Waals surface area contributed by atoms with Crippen LogP contribution in [0.25, 0.3) is 0 Å². The summed E-state index contributed by atoms with van der Waals surface area (Å²) < 4.78 is 29.9. The maximum absolute atomic E-state index is 12.8. The van der Waals surface area contributed by atoms with Gasteiger partial charge in [0.2, 0.25) is 4.84 Å². The van der Waals surface area contributed by atoms with E-state index in [1.807, 2.05) is 0 Å². The summed E-state index contributed by atoms with van der Waals surface area (Å²) in [7, 11) is 0. The lowest BCUT2D eigenvalue weighted by Gasteiger charge is -2.18. The highest BCUT2D eigenvalue weighted by Crippen LogP contribution is 2.30. The van der Waals surface area contributed by atoms with E-state index < -0.39 is 10.9 Å². The third-order valence-electron chi connectivity index (χ3n) is 1.37. The first-order valence-electron chi connectivity index (χ1n) is 3.62. The second-order valence-electron chi connectivity index (χ2n) is 2.54. The average Bonchev–Trinajstić information content (AvgIpc) is 2.02. The summed E-state index contributed by atoms with van der Waals surface area (Å²) in [6.45, 7) is 0. The zero-order valence-corrected chi connectivity index (χ0v) is 9.62. The third kappa shape index (κ3) is 4.28. The number of rotatable bonds is 3. The Morgan fingerprint density at radius 2 is 1.93 bits per heavy atom. The Hall–Kier alpha value is -0.450. The van der Waals surface area contributed by atoms with Crippen LogP contribution in [0.15, 0.2) is 24.3 Å². The lowest BCUT2D eigenvalue weighted by atomic mass is 10.3. The molecule has 0 aliphatic carbocycles. The molecule has 86 valence electrons. The highest BCUT2D eigenvalue weighted by atomic mass is 35.5. The number of nitrogens with two attached hydrogens (primary N) is 1. The minimum absolute atomic E-state index is 0. The van der Waals surface area contributed by atoms with E-state index in [2.05, 4.69) is 4.74 Å². The van der Waals surface area contributed by atoms with Gasteiger partial charge in [-0.2, -0.15) is 8.78 Å². The summed E-state index contributed by atoms with van der Waals surface area (Å²) in [5.74, 6) is -0.0821. The molecule has 0 amide bonds. The minimum Gasteiger partial charge on any atom is -0.430 e. The Morgan fingerprint density at radius 3 is 2.40 bits per heavy atom. The number of alkyl halides is 4. The van der Waals surface area contributed by atoms with Gasteiger partial charge in [0.25, 0.3) is 0 Å². The molecular formula is C8H8Cl3F2NO. The predicted octanol–water partition coefficient (Wildman–Crippen LogP) is 3.47. The first-order valence-corrected chi connectivity index (χ1v) is 4.49. The molecule has 0 atom stereocenters. The van der Waals surface area contributed by atoms with Crippen molar-refractivity contribution in [1.29, 1.82) is 0 Å². The first kappa shape index (κ1) is 14.6. The van der Waals surface area contributed by atoms with Crippen molar-refractivity contribution < 1.29 is 13.5 Å². The van der Waals surface area contributed by atoms with E-state index in [-0.39, 0.29) is 18.2 Å². The number of benzene rings is 1. The van der Waals surface area contributed by atoms with E-state index >= 15 is 0 Å². The van der Waals surface area contributed by atoms with Crippen LogP contribution in [0, 0.1) is 0 Å². The lowest BCUT2D eigenvalue weighted by molar-refractivity contribution is -0.163. The Kier molecular flexibility index (Phi) is 5.42. The highest BCUT2D eigenvalue weighted by molar-refractivity contribution is 6.44. The Morgan fingerprint density at radius 1 is 1.33 bits per heavy atom. The van der Waals surface area contributed by atoms with Crippen molar-refractivity contribution in [3.8, 4) is 5.75 Å². The third-order valence-corrected chi connectivity index (χ3v) is 1.87. The molecule has 2 nitrogen and oxygen atoms in total. The fraction of sp³-hybridized carbons (Fsp3) is 0.250. The van der Waals surface area contributed by atoms with Gasteiger partial charge in [0.05, 0.1) is 0 Å². The van der Waals surface area contributed by atoms with E-state index in [0.717, 1.165) is 0 Å². The lowest BCUT2D eigenvalue weighted by Crippen LogP contribution is -2.32. The topological polar surface area (TPSA) is 35.2 Å². The van der Waals surface area contributed by atoms with Crippen molar-refractivity contribution in [3.05, 3.63) is 24.3 Å². The van der Waals surface area contributed by atoms with Crippen LogP contribution in [0.4, 0.5) is 14.5 Å². The summed E-state index contributed by atoms with van der Waals surface area (Å²) in [6.07, 6.45) is -3.63. The molecule has 1 aromatic rings. The second kappa shape index (κ2) is 5.58. The van der Waals surface area contributed by atoms with Crippen LogP contribution >= 0.6 is 35.6 Å². The van der Waals surface area contributed by atoms with Gasteiger partial charge in [0.15, 0.2) is 0 Å². The van der Waals surface area contributed by atoms with Gasteiger partial charge in [-0.05, 0) is 12.1 Å². The van der Waals surface area contributed by atoms with Crippen LogP contribution in [0.1, 0.15) is 0 Å². The van der Waals surface area contributed by atoms with Crippen molar-refractivity contribution in [2.75, 3.05) is 5.73 Å². The van der Waals surface area contributed by atoms with Gasteiger partial charge in [0.1, 0.15) is 5.75 Å². The molecule has 0 fully saturated rings. The molecule has 15 heavy (non-hydrogen) atoms. The molecule has 0 saturated carbocycles. The zero-order chi connectivity index (χ0) is 10.8.